The molecule has 31 heavy (non-hydrogen) atoms. The van der Waals surface area contributed by atoms with Crippen LogP contribution in [0, 0.1) is 18.8 Å². The Morgan fingerprint density at radius 2 is 1.68 bits per heavy atom. The Morgan fingerprint density at radius 1 is 0.968 bits per heavy atom. The first-order valence-corrected chi connectivity index (χ1v) is 11.3. The molecule has 4 bridgehead atoms. The van der Waals surface area contributed by atoms with Gasteiger partial charge >= 0.3 is 6.03 Å². The molecular weight excluding hydrogens is 388 g/mol. The van der Waals surface area contributed by atoms with Crippen molar-refractivity contribution in [2.75, 3.05) is 19.5 Å². The summed E-state index contributed by atoms with van der Waals surface area (Å²) in [7, 11) is 3.22. The van der Waals surface area contributed by atoms with Gasteiger partial charge in [-0.15, -0.1) is 0 Å². The predicted octanol–water partition coefficient (Wildman–Crippen LogP) is 5.42. The number of ether oxygens (including phenoxy) is 2. The fourth-order valence-electron chi connectivity index (χ4n) is 6.96. The first-order valence-electron chi connectivity index (χ1n) is 11.3. The van der Waals surface area contributed by atoms with Gasteiger partial charge in [0, 0.05) is 11.6 Å². The van der Waals surface area contributed by atoms with Gasteiger partial charge in [0.05, 0.1) is 19.9 Å². The smallest absolute Gasteiger partial charge is 0.319 e. The summed E-state index contributed by atoms with van der Waals surface area (Å²) in [5.74, 6) is 2.69. The van der Waals surface area contributed by atoms with E-state index >= 15 is 0 Å². The van der Waals surface area contributed by atoms with Gasteiger partial charge in [0.15, 0.2) is 0 Å². The van der Waals surface area contributed by atoms with E-state index in [2.05, 4.69) is 41.8 Å². The Hall–Kier alpha value is -2.69. The number of urea groups is 1. The normalized spacial score (nSPS) is 30.7. The standard InChI is InChI=1S/C26H32N2O3/c1-17-4-6-20(7-5-17)25-12-18-10-19(13-25)15-26(14-18,16-25)28-24(29)27-22-11-21(30-2)8-9-23(22)31-3/h4-9,11,18-19H,10,12-16H2,1-3H3,(H2,27,28,29). The molecule has 4 fully saturated rings. The van der Waals surface area contributed by atoms with Crippen LogP contribution in [-0.2, 0) is 5.41 Å². The molecule has 2 atom stereocenters. The number of hydrogen-bond donors (Lipinski definition) is 2. The van der Waals surface area contributed by atoms with Crippen molar-refractivity contribution in [3.63, 3.8) is 0 Å². The number of benzene rings is 2. The van der Waals surface area contributed by atoms with Gasteiger partial charge in [0.25, 0.3) is 0 Å². The van der Waals surface area contributed by atoms with Gasteiger partial charge in [-0.1, -0.05) is 29.8 Å². The van der Waals surface area contributed by atoms with Crippen LogP contribution in [0.5, 0.6) is 11.5 Å². The second kappa shape index (κ2) is 7.47. The van der Waals surface area contributed by atoms with Gasteiger partial charge in [0.1, 0.15) is 11.5 Å². The highest BCUT2D eigenvalue weighted by molar-refractivity contribution is 5.91. The Kier molecular flexibility index (Phi) is 4.87. The highest BCUT2D eigenvalue weighted by atomic mass is 16.5. The zero-order valence-corrected chi connectivity index (χ0v) is 18.7. The molecule has 0 saturated heterocycles. The number of amides is 2. The molecule has 0 aromatic heterocycles. The van der Waals surface area contributed by atoms with Crippen molar-refractivity contribution in [2.45, 2.75) is 56.4 Å². The number of nitrogens with one attached hydrogen (secondary N) is 2. The third kappa shape index (κ3) is 3.64. The maximum atomic E-state index is 13.1. The fourth-order valence-corrected chi connectivity index (χ4v) is 6.96. The molecule has 4 aliphatic rings. The summed E-state index contributed by atoms with van der Waals surface area (Å²) in [5.41, 5.74) is 3.43. The van der Waals surface area contributed by atoms with Crippen LogP contribution in [0.2, 0.25) is 0 Å². The molecule has 2 aromatic rings. The number of aryl methyl sites for hydroxylation is 1. The molecule has 0 heterocycles. The molecule has 6 rings (SSSR count). The van der Waals surface area contributed by atoms with E-state index in [4.69, 9.17) is 9.47 Å². The molecule has 4 saturated carbocycles. The maximum Gasteiger partial charge on any atom is 0.319 e. The predicted molar refractivity (Wildman–Crippen MR) is 122 cm³/mol. The Bertz CT molecular complexity index is 971. The molecule has 5 heteroatoms. The Labute approximate surface area is 184 Å². The zero-order chi connectivity index (χ0) is 21.6. The number of carbonyl (C=O) groups is 1. The first kappa shape index (κ1) is 20.2. The lowest BCUT2D eigenvalue weighted by atomic mass is 9.45. The van der Waals surface area contributed by atoms with Gasteiger partial charge in [-0.05, 0) is 80.4 Å². The van der Waals surface area contributed by atoms with Crippen LogP contribution in [0.4, 0.5) is 10.5 Å². The van der Waals surface area contributed by atoms with Crippen molar-refractivity contribution in [3.05, 3.63) is 53.6 Å². The first-order chi connectivity index (χ1) is 14.9. The molecule has 2 aromatic carbocycles. The SMILES string of the molecule is COc1ccc(OC)c(NC(=O)NC23CC4CC(C2)CC(c2ccc(C)cc2)(C4)C3)c1. The van der Waals surface area contributed by atoms with Crippen molar-refractivity contribution in [1.29, 1.82) is 0 Å². The summed E-state index contributed by atoms with van der Waals surface area (Å²) in [4.78, 5) is 13.1. The molecule has 0 spiro atoms. The number of hydrogen-bond acceptors (Lipinski definition) is 3. The van der Waals surface area contributed by atoms with Crippen LogP contribution in [0.1, 0.15) is 49.7 Å². The van der Waals surface area contributed by atoms with E-state index in [0.29, 0.717) is 29.0 Å². The molecule has 0 aliphatic heterocycles. The van der Waals surface area contributed by atoms with Crippen molar-refractivity contribution in [2.24, 2.45) is 11.8 Å². The largest absolute Gasteiger partial charge is 0.497 e. The minimum absolute atomic E-state index is 0.134. The van der Waals surface area contributed by atoms with Gasteiger partial charge in [0.2, 0.25) is 0 Å². The Balaban J connectivity index is 1.38. The lowest BCUT2D eigenvalue weighted by Gasteiger charge is -2.62. The second-order valence-electron chi connectivity index (χ2n) is 10.0. The van der Waals surface area contributed by atoms with Gasteiger partial charge in [-0.2, -0.15) is 0 Å². The fraction of sp³-hybridized carbons (Fsp3) is 0.500. The lowest BCUT2D eigenvalue weighted by Crippen LogP contribution is -2.64. The van der Waals surface area contributed by atoms with E-state index in [1.807, 2.05) is 12.1 Å². The summed E-state index contributed by atoms with van der Waals surface area (Å²) >= 11 is 0. The number of methoxy groups -OCH3 is 2. The van der Waals surface area contributed by atoms with Crippen LogP contribution in [0.3, 0.4) is 0 Å². The van der Waals surface area contributed by atoms with Crippen LogP contribution in [-0.4, -0.2) is 25.8 Å². The van der Waals surface area contributed by atoms with E-state index < -0.39 is 0 Å². The summed E-state index contributed by atoms with van der Waals surface area (Å²) in [6.45, 7) is 2.14. The highest BCUT2D eigenvalue weighted by Gasteiger charge is 2.58. The van der Waals surface area contributed by atoms with E-state index in [1.54, 1.807) is 20.3 Å². The molecule has 2 amide bonds. The van der Waals surface area contributed by atoms with E-state index in [9.17, 15) is 4.79 Å². The number of carbonyl (C=O) groups excluding carboxylic acids is 1. The summed E-state index contributed by atoms with van der Waals surface area (Å²) < 4.78 is 10.7. The maximum absolute atomic E-state index is 13.1. The van der Waals surface area contributed by atoms with Gasteiger partial charge in [-0.25, -0.2) is 4.79 Å². The molecule has 164 valence electrons. The second-order valence-corrected chi connectivity index (χ2v) is 10.0. The molecule has 0 radical (unpaired) electrons. The minimum Gasteiger partial charge on any atom is -0.497 e. The van der Waals surface area contributed by atoms with Crippen molar-refractivity contribution in [3.8, 4) is 11.5 Å². The van der Waals surface area contributed by atoms with Crippen LogP contribution < -0.4 is 20.1 Å². The minimum atomic E-state index is -0.160. The number of rotatable bonds is 5. The number of anilines is 1. The molecule has 4 aliphatic carbocycles. The Morgan fingerprint density at radius 3 is 2.32 bits per heavy atom. The van der Waals surface area contributed by atoms with Crippen molar-refractivity contribution >= 4 is 11.7 Å². The van der Waals surface area contributed by atoms with Crippen molar-refractivity contribution in [1.82, 2.24) is 5.32 Å². The van der Waals surface area contributed by atoms with Gasteiger partial charge < -0.3 is 20.1 Å². The topological polar surface area (TPSA) is 59.6 Å². The zero-order valence-electron chi connectivity index (χ0n) is 18.7. The monoisotopic (exact) mass is 420 g/mol. The van der Waals surface area contributed by atoms with E-state index in [1.165, 1.54) is 30.4 Å². The summed E-state index contributed by atoms with van der Waals surface area (Å²) in [6, 6.07) is 14.4. The van der Waals surface area contributed by atoms with E-state index in [-0.39, 0.29) is 17.0 Å². The molecule has 5 nitrogen and oxygen atoms in total. The highest BCUT2D eigenvalue weighted by Crippen LogP contribution is 2.62. The van der Waals surface area contributed by atoms with Crippen LogP contribution in [0.25, 0.3) is 0 Å². The third-order valence-electron chi connectivity index (χ3n) is 7.76. The summed E-state index contributed by atoms with van der Waals surface area (Å²) in [6.07, 6.45) is 7.00. The van der Waals surface area contributed by atoms with Gasteiger partial charge in [-0.3, -0.25) is 0 Å². The summed E-state index contributed by atoms with van der Waals surface area (Å²) in [5, 5.41) is 6.44. The third-order valence-corrected chi connectivity index (χ3v) is 7.76. The lowest BCUT2D eigenvalue weighted by molar-refractivity contribution is -0.0343. The van der Waals surface area contributed by atoms with Crippen molar-refractivity contribution < 1.29 is 14.3 Å². The quantitative estimate of drug-likeness (QED) is 0.679. The average Bonchev–Trinajstić information content (AvgIpc) is 2.72. The molecular formula is C26H32N2O3. The molecule has 2 N–H and O–H groups in total. The van der Waals surface area contributed by atoms with E-state index in [0.717, 1.165) is 19.3 Å². The molecule has 2 unspecified atom stereocenters. The average molecular weight is 421 g/mol. The van der Waals surface area contributed by atoms with Crippen LogP contribution >= 0.6 is 0 Å². The van der Waals surface area contributed by atoms with Crippen LogP contribution in [0.15, 0.2) is 42.5 Å².